The lowest BCUT2D eigenvalue weighted by Crippen LogP contribution is -2.48. The molecule has 1 atom stereocenters. The molecule has 2 aliphatic rings. The summed E-state index contributed by atoms with van der Waals surface area (Å²) in [5.74, 6) is -0.346. The van der Waals surface area contributed by atoms with Gasteiger partial charge in [-0.1, -0.05) is 19.3 Å². The lowest BCUT2D eigenvalue weighted by atomic mass is 9.89. The molecule has 0 aromatic heterocycles. The Morgan fingerprint density at radius 2 is 1.67 bits per heavy atom. The summed E-state index contributed by atoms with van der Waals surface area (Å²) in [6, 6.07) is 0.299. The van der Waals surface area contributed by atoms with E-state index in [2.05, 4.69) is 5.32 Å². The number of nitrogens with one attached hydrogen (secondary N) is 1. The van der Waals surface area contributed by atoms with Gasteiger partial charge in [0.2, 0.25) is 5.78 Å². The minimum Gasteiger partial charge on any atom is -0.304 e. The first kappa shape index (κ1) is 10.8. The van der Waals surface area contributed by atoms with Crippen molar-refractivity contribution < 1.29 is 9.59 Å². The van der Waals surface area contributed by atoms with E-state index in [4.69, 9.17) is 0 Å². The third-order valence-corrected chi connectivity index (χ3v) is 3.53. The number of hydrogen-bond acceptors (Lipinski definition) is 3. The predicted octanol–water partition coefficient (Wildman–Crippen LogP) is 1.60. The summed E-state index contributed by atoms with van der Waals surface area (Å²) in [4.78, 5) is 22.8. The van der Waals surface area contributed by atoms with Crippen LogP contribution in [0.2, 0.25) is 0 Å². The van der Waals surface area contributed by atoms with Gasteiger partial charge in [0.1, 0.15) is 0 Å². The van der Waals surface area contributed by atoms with Crippen molar-refractivity contribution in [1.29, 1.82) is 0 Å². The van der Waals surface area contributed by atoms with Crippen molar-refractivity contribution in [3.8, 4) is 0 Å². The minimum atomic E-state index is -0.174. The van der Waals surface area contributed by atoms with Gasteiger partial charge in [-0.25, -0.2) is 0 Å². The van der Waals surface area contributed by atoms with E-state index in [1.165, 1.54) is 19.3 Å². The highest BCUT2D eigenvalue weighted by molar-refractivity contribution is 6.39. The molecule has 0 aromatic carbocycles. The number of carbonyl (C=O) groups excluding carboxylic acids is 2. The molecule has 0 heterocycles. The van der Waals surface area contributed by atoms with Crippen LogP contribution < -0.4 is 5.32 Å². The maximum Gasteiger partial charge on any atom is 0.215 e. The van der Waals surface area contributed by atoms with Gasteiger partial charge in [-0.3, -0.25) is 9.59 Å². The zero-order chi connectivity index (χ0) is 10.7. The third kappa shape index (κ3) is 2.65. The molecule has 0 amide bonds. The highest BCUT2D eigenvalue weighted by atomic mass is 16.2. The summed E-state index contributed by atoms with van der Waals surface area (Å²) in [5, 5.41) is 3.37. The van der Waals surface area contributed by atoms with Crippen LogP contribution >= 0.6 is 0 Å². The van der Waals surface area contributed by atoms with Crippen LogP contribution in [0.15, 0.2) is 0 Å². The molecule has 0 radical (unpaired) electrons. The zero-order valence-corrected chi connectivity index (χ0v) is 9.13. The monoisotopic (exact) mass is 209 g/mol. The number of hydrogen-bond donors (Lipinski definition) is 1. The van der Waals surface area contributed by atoms with Crippen LogP contribution in [0.4, 0.5) is 0 Å². The minimum absolute atomic E-state index is 0.172. The quantitative estimate of drug-likeness (QED) is 0.703. The Morgan fingerprint density at radius 1 is 0.933 bits per heavy atom. The molecule has 3 nitrogen and oxygen atoms in total. The fraction of sp³-hybridized carbons (Fsp3) is 0.833. The van der Waals surface area contributed by atoms with Gasteiger partial charge in [0.25, 0.3) is 0 Å². The van der Waals surface area contributed by atoms with Crippen molar-refractivity contribution in [2.75, 3.05) is 0 Å². The first-order valence-electron chi connectivity index (χ1n) is 6.10. The van der Waals surface area contributed by atoms with Crippen molar-refractivity contribution in [3.05, 3.63) is 0 Å². The summed E-state index contributed by atoms with van der Waals surface area (Å²) in [7, 11) is 0. The second-order valence-corrected chi connectivity index (χ2v) is 4.73. The van der Waals surface area contributed by atoms with E-state index >= 15 is 0 Å². The summed E-state index contributed by atoms with van der Waals surface area (Å²) >= 11 is 0. The van der Waals surface area contributed by atoms with Crippen LogP contribution in [0.5, 0.6) is 0 Å². The maximum absolute atomic E-state index is 11.6. The molecular formula is C12H19NO2. The molecule has 1 N–H and O–H groups in total. The Hall–Kier alpha value is -0.700. The van der Waals surface area contributed by atoms with Crippen molar-refractivity contribution in [2.45, 2.75) is 63.5 Å². The molecular weight excluding hydrogens is 190 g/mol. The Morgan fingerprint density at radius 3 is 2.40 bits per heavy atom. The van der Waals surface area contributed by atoms with Gasteiger partial charge in [0.15, 0.2) is 5.78 Å². The van der Waals surface area contributed by atoms with Crippen molar-refractivity contribution in [1.82, 2.24) is 5.32 Å². The van der Waals surface area contributed by atoms with Crippen LogP contribution in [-0.2, 0) is 9.59 Å². The van der Waals surface area contributed by atoms with E-state index in [-0.39, 0.29) is 17.6 Å². The van der Waals surface area contributed by atoms with Crippen LogP contribution in [0, 0.1) is 0 Å². The van der Waals surface area contributed by atoms with Crippen LogP contribution in [0.25, 0.3) is 0 Å². The number of Topliss-reactive ketones (excluding diaryl/α,β-unsaturated/α-hetero) is 2. The number of ketones is 2. The standard InChI is InChI=1S/C12H19NO2/c14-11-8-4-7-10(12(11)15)13-9-5-2-1-3-6-9/h9-10,13H,1-8H2. The lowest BCUT2D eigenvalue weighted by Gasteiger charge is -2.29. The highest BCUT2D eigenvalue weighted by Crippen LogP contribution is 2.20. The molecule has 2 fully saturated rings. The molecule has 0 saturated heterocycles. The SMILES string of the molecule is O=C1CCCC(NC2CCCCC2)C1=O. The van der Waals surface area contributed by atoms with E-state index in [0.717, 1.165) is 25.7 Å². The molecule has 0 aromatic rings. The average Bonchev–Trinajstić information content (AvgIpc) is 2.26. The molecule has 0 aliphatic heterocycles. The Bertz CT molecular complexity index is 256. The first-order chi connectivity index (χ1) is 7.27. The molecule has 2 aliphatic carbocycles. The average molecular weight is 209 g/mol. The van der Waals surface area contributed by atoms with Crippen LogP contribution in [-0.4, -0.2) is 23.7 Å². The summed E-state index contributed by atoms with van der Waals surface area (Å²) in [6.07, 6.45) is 8.34. The predicted molar refractivity (Wildman–Crippen MR) is 57.7 cm³/mol. The summed E-state index contributed by atoms with van der Waals surface area (Å²) < 4.78 is 0. The molecule has 15 heavy (non-hydrogen) atoms. The molecule has 2 rings (SSSR count). The third-order valence-electron chi connectivity index (χ3n) is 3.53. The summed E-state index contributed by atoms with van der Waals surface area (Å²) in [5.41, 5.74) is 0. The van der Waals surface area contributed by atoms with Crippen molar-refractivity contribution >= 4 is 11.6 Å². The van der Waals surface area contributed by atoms with E-state index in [1.54, 1.807) is 0 Å². The number of rotatable bonds is 2. The van der Waals surface area contributed by atoms with Gasteiger partial charge in [-0.15, -0.1) is 0 Å². The maximum atomic E-state index is 11.6. The molecule has 1 unspecified atom stereocenters. The van der Waals surface area contributed by atoms with Gasteiger partial charge in [-0.05, 0) is 25.7 Å². The first-order valence-corrected chi connectivity index (χ1v) is 6.10. The molecule has 0 spiro atoms. The van der Waals surface area contributed by atoms with Gasteiger partial charge in [0, 0.05) is 12.5 Å². The Balaban J connectivity index is 1.86. The van der Waals surface area contributed by atoms with Crippen LogP contribution in [0.1, 0.15) is 51.4 Å². The second kappa shape index (κ2) is 4.88. The fourth-order valence-electron chi connectivity index (χ4n) is 2.63. The topological polar surface area (TPSA) is 46.2 Å². The zero-order valence-electron chi connectivity index (χ0n) is 9.13. The molecule has 2 saturated carbocycles. The lowest BCUT2D eigenvalue weighted by molar-refractivity contribution is -0.139. The van der Waals surface area contributed by atoms with Crippen molar-refractivity contribution in [2.24, 2.45) is 0 Å². The van der Waals surface area contributed by atoms with E-state index in [1.807, 2.05) is 0 Å². The Kier molecular flexibility index (Phi) is 3.52. The van der Waals surface area contributed by atoms with Crippen molar-refractivity contribution in [3.63, 3.8) is 0 Å². The van der Waals surface area contributed by atoms with E-state index in [0.29, 0.717) is 12.5 Å². The van der Waals surface area contributed by atoms with Gasteiger partial charge >= 0.3 is 0 Å². The molecule has 3 heteroatoms. The van der Waals surface area contributed by atoms with Gasteiger partial charge < -0.3 is 5.32 Å². The largest absolute Gasteiger partial charge is 0.304 e. The number of carbonyl (C=O) groups is 2. The van der Waals surface area contributed by atoms with Crippen LogP contribution in [0.3, 0.4) is 0 Å². The second-order valence-electron chi connectivity index (χ2n) is 4.73. The highest BCUT2D eigenvalue weighted by Gasteiger charge is 2.30. The molecule has 84 valence electrons. The van der Waals surface area contributed by atoms with E-state index in [9.17, 15) is 9.59 Å². The van der Waals surface area contributed by atoms with E-state index < -0.39 is 0 Å². The normalized spacial score (nSPS) is 29.5. The van der Waals surface area contributed by atoms with Gasteiger partial charge in [-0.2, -0.15) is 0 Å². The fourth-order valence-corrected chi connectivity index (χ4v) is 2.63. The molecule has 0 bridgehead atoms. The van der Waals surface area contributed by atoms with Gasteiger partial charge in [0.05, 0.1) is 6.04 Å². The smallest absolute Gasteiger partial charge is 0.215 e. The Labute approximate surface area is 90.6 Å². The summed E-state index contributed by atoms with van der Waals surface area (Å²) in [6.45, 7) is 0.